The van der Waals surface area contributed by atoms with Crippen LogP contribution in [0.4, 0.5) is 36.6 Å². The van der Waals surface area contributed by atoms with Crippen molar-refractivity contribution in [3.63, 3.8) is 0 Å². The molecule has 0 saturated heterocycles. The van der Waals surface area contributed by atoms with Crippen LogP contribution in [-0.4, -0.2) is 42.8 Å². The number of carbonyl (C=O) groups excluding carboxylic acids is 1. The maximum atomic E-state index is 15.1. The van der Waals surface area contributed by atoms with Gasteiger partial charge in [-0.2, -0.15) is 31.4 Å². The van der Waals surface area contributed by atoms with Gasteiger partial charge in [-0.15, -0.1) is 0 Å². The van der Waals surface area contributed by atoms with Crippen molar-refractivity contribution >= 4 is 33.5 Å². The van der Waals surface area contributed by atoms with E-state index in [0.717, 1.165) is 30.5 Å². The number of aromatic nitrogens is 4. The lowest BCUT2D eigenvalue weighted by Crippen LogP contribution is -2.33. The van der Waals surface area contributed by atoms with Crippen molar-refractivity contribution in [3.05, 3.63) is 59.3 Å². The summed E-state index contributed by atoms with van der Waals surface area (Å²) in [4.78, 5) is 22.5. The highest BCUT2D eigenvalue weighted by atomic mass is 19.4. The van der Waals surface area contributed by atoms with Crippen LogP contribution in [0.15, 0.2) is 36.7 Å². The average Bonchev–Trinajstić information content (AvgIpc) is 3.56. The molecule has 2 N–H and O–H groups in total. The normalized spacial score (nSPS) is 14.5. The van der Waals surface area contributed by atoms with Gasteiger partial charge in [-0.3, -0.25) is 14.5 Å². The summed E-state index contributed by atoms with van der Waals surface area (Å²) >= 11 is 0. The van der Waals surface area contributed by atoms with Crippen LogP contribution >= 0.6 is 0 Å². The SMILES string of the molecule is Nc1nc2cc(F)c(C(=O)N(Cc3ccc(C(F)(F)F)cn3)C3CC3)cc2c2c1cnn2CC(F)(F)F. The van der Waals surface area contributed by atoms with E-state index in [1.54, 1.807) is 0 Å². The Labute approximate surface area is 203 Å². The fourth-order valence-corrected chi connectivity index (χ4v) is 4.11. The lowest BCUT2D eigenvalue weighted by molar-refractivity contribution is -0.142. The summed E-state index contributed by atoms with van der Waals surface area (Å²) in [5, 5.41) is 3.89. The molecule has 0 spiro atoms. The zero-order valence-corrected chi connectivity index (χ0v) is 18.7. The number of nitrogens with two attached hydrogens (primary N) is 1. The second-order valence-electron chi connectivity index (χ2n) is 8.73. The molecule has 1 aromatic carbocycles. The smallest absolute Gasteiger partial charge is 0.383 e. The number of hydrogen-bond donors (Lipinski definition) is 1. The molecule has 37 heavy (non-hydrogen) atoms. The van der Waals surface area contributed by atoms with Crippen LogP contribution in [0.2, 0.25) is 0 Å². The molecule has 0 bridgehead atoms. The first-order valence-electron chi connectivity index (χ1n) is 11.0. The van der Waals surface area contributed by atoms with Crippen molar-refractivity contribution in [1.82, 2.24) is 24.6 Å². The van der Waals surface area contributed by atoms with Gasteiger partial charge in [0.15, 0.2) is 0 Å². The predicted molar refractivity (Wildman–Crippen MR) is 118 cm³/mol. The number of hydrogen-bond acceptors (Lipinski definition) is 5. The number of pyridine rings is 2. The molecule has 0 unspecified atom stereocenters. The van der Waals surface area contributed by atoms with Gasteiger partial charge in [0.05, 0.1) is 46.0 Å². The van der Waals surface area contributed by atoms with Gasteiger partial charge in [0.25, 0.3) is 5.91 Å². The Bertz CT molecular complexity index is 1510. The third-order valence-electron chi connectivity index (χ3n) is 5.99. The van der Waals surface area contributed by atoms with E-state index < -0.39 is 41.7 Å². The first-order valence-corrected chi connectivity index (χ1v) is 11.0. The third kappa shape index (κ3) is 4.87. The molecule has 0 radical (unpaired) electrons. The molecule has 3 aromatic heterocycles. The summed E-state index contributed by atoms with van der Waals surface area (Å²) in [6, 6.07) is 3.69. The van der Waals surface area contributed by atoms with Crippen LogP contribution in [0.5, 0.6) is 0 Å². The molecule has 3 heterocycles. The molecule has 194 valence electrons. The number of benzene rings is 1. The van der Waals surface area contributed by atoms with Crippen LogP contribution in [0.25, 0.3) is 21.8 Å². The van der Waals surface area contributed by atoms with Gasteiger partial charge in [0.2, 0.25) is 0 Å². The second kappa shape index (κ2) is 8.56. The van der Waals surface area contributed by atoms with Gasteiger partial charge in [0, 0.05) is 23.7 Å². The molecule has 7 nitrogen and oxygen atoms in total. The van der Waals surface area contributed by atoms with Crippen LogP contribution in [0.3, 0.4) is 0 Å². The quantitative estimate of drug-likeness (QED) is 0.366. The Balaban J connectivity index is 1.55. The number of carbonyl (C=O) groups is 1. The molecule has 0 aliphatic heterocycles. The summed E-state index contributed by atoms with van der Waals surface area (Å²) in [7, 11) is 0. The van der Waals surface area contributed by atoms with E-state index in [2.05, 4.69) is 15.1 Å². The number of anilines is 1. The van der Waals surface area contributed by atoms with Crippen molar-refractivity contribution in [3.8, 4) is 0 Å². The largest absolute Gasteiger partial charge is 0.417 e. The number of alkyl halides is 6. The predicted octanol–water partition coefficient (Wildman–Crippen LogP) is 5.09. The van der Waals surface area contributed by atoms with E-state index in [9.17, 15) is 31.1 Å². The van der Waals surface area contributed by atoms with E-state index in [4.69, 9.17) is 5.73 Å². The summed E-state index contributed by atoms with van der Waals surface area (Å²) < 4.78 is 93.7. The zero-order chi connectivity index (χ0) is 26.7. The monoisotopic (exact) mass is 526 g/mol. The Morgan fingerprint density at radius 2 is 1.81 bits per heavy atom. The van der Waals surface area contributed by atoms with Gasteiger partial charge < -0.3 is 10.6 Å². The number of halogens is 7. The third-order valence-corrected chi connectivity index (χ3v) is 5.99. The van der Waals surface area contributed by atoms with Crippen molar-refractivity contribution in [2.24, 2.45) is 0 Å². The maximum absolute atomic E-state index is 15.1. The van der Waals surface area contributed by atoms with Gasteiger partial charge in [-0.05, 0) is 31.0 Å². The summed E-state index contributed by atoms with van der Waals surface area (Å²) in [5.41, 5.74) is 4.50. The molecule has 1 aliphatic carbocycles. The highest BCUT2D eigenvalue weighted by molar-refractivity contribution is 6.10. The minimum Gasteiger partial charge on any atom is -0.383 e. The second-order valence-corrected chi connectivity index (χ2v) is 8.73. The lowest BCUT2D eigenvalue weighted by atomic mass is 10.1. The summed E-state index contributed by atoms with van der Waals surface area (Å²) in [6.07, 6.45) is -6.23. The van der Waals surface area contributed by atoms with Crippen molar-refractivity contribution < 1.29 is 35.5 Å². The molecular weight excluding hydrogens is 509 g/mol. The molecule has 14 heteroatoms. The van der Waals surface area contributed by atoms with Crippen LogP contribution in [-0.2, 0) is 19.3 Å². The Morgan fingerprint density at radius 1 is 1.08 bits per heavy atom. The number of nitrogen functional groups attached to an aromatic ring is 1. The van der Waals surface area contributed by atoms with E-state index in [1.807, 2.05) is 0 Å². The fraction of sp³-hybridized carbons (Fsp3) is 0.304. The Hall–Kier alpha value is -3.97. The fourth-order valence-electron chi connectivity index (χ4n) is 4.11. The van der Waals surface area contributed by atoms with Gasteiger partial charge in [-0.1, -0.05) is 0 Å². The van der Waals surface area contributed by atoms with E-state index in [-0.39, 0.29) is 45.9 Å². The van der Waals surface area contributed by atoms with Crippen LogP contribution < -0.4 is 5.73 Å². The van der Waals surface area contributed by atoms with Crippen molar-refractivity contribution in [2.45, 2.75) is 44.3 Å². The minimum atomic E-state index is -4.61. The lowest BCUT2D eigenvalue weighted by Gasteiger charge is -2.23. The van der Waals surface area contributed by atoms with E-state index >= 15 is 4.39 Å². The first-order chi connectivity index (χ1) is 17.3. The first kappa shape index (κ1) is 24.7. The number of fused-ring (bicyclic) bond motifs is 3. The molecule has 1 amide bonds. The average molecular weight is 526 g/mol. The molecular formula is C23H17F7N6O. The molecule has 1 fully saturated rings. The van der Waals surface area contributed by atoms with E-state index in [1.165, 1.54) is 4.90 Å². The Morgan fingerprint density at radius 3 is 2.41 bits per heavy atom. The topological polar surface area (TPSA) is 89.9 Å². The van der Waals surface area contributed by atoms with Crippen molar-refractivity contribution in [2.75, 3.05) is 5.73 Å². The van der Waals surface area contributed by atoms with Gasteiger partial charge in [-0.25, -0.2) is 9.37 Å². The highest BCUT2D eigenvalue weighted by Crippen LogP contribution is 2.34. The summed E-state index contributed by atoms with van der Waals surface area (Å²) in [5.74, 6) is -1.91. The summed E-state index contributed by atoms with van der Waals surface area (Å²) in [6.45, 7) is -1.62. The molecule has 5 rings (SSSR count). The molecule has 4 aromatic rings. The zero-order valence-electron chi connectivity index (χ0n) is 18.7. The minimum absolute atomic E-state index is 0.0408. The standard InChI is InChI=1S/C23H17F7N6O/c24-17-6-18-15(19-16(20(31)34-18)8-33-36(19)10-22(25,26)27)5-14(17)21(37)35(13-3-4-13)9-12-2-1-11(7-32-12)23(28,29)30/h1-2,5-8,13H,3-4,9-10H2,(H2,31,34). The van der Waals surface area contributed by atoms with Gasteiger partial charge in [0.1, 0.15) is 18.2 Å². The Kier molecular flexibility index (Phi) is 5.72. The van der Waals surface area contributed by atoms with E-state index in [0.29, 0.717) is 23.7 Å². The number of rotatable bonds is 5. The molecule has 0 atom stereocenters. The molecule has 1 aliphatic rings. The number of amides is 1. The number of nitrogens with zero attached hydrogens (tertiary/aromatic N) is 5. The van der Waals surface area contributed by atoms with Crippen molar-refractivity contribution in [1.29, 1.82) is 0 Å². The van der Waals surface area contributed by atoms with Gasteiger partial charge >= 0.3 is 12.4 Å². The maximum Gasteiger partial charge on any atom is 0.417 e. The molecule has 1 saturated carbocycles. The van der Waals surface area contributed by atoms with Crippen LogP contribution in [0.1, 0.15) is 34.5 Å². The van der Waals surface area contributed by atoms with Crippen LogP contribution in [0, 0.1) is 5.82 Å². The highest BCUT2D eigenvalue weighted by Gasteiger charge is 2.36.